The van der Waals surface area contributed by atoms with Crippen LogP contribution in [0.1, 0.15) is 10.4 Å². The molecule has 0 aliphatic heterocycles. The molecule has 6 nitrogen and oxygen atoms in total. The number of hydrogen-bond acceptors (Lipinski definition) is 6. The lowest BCUT2D eigenvalue weighted by Gasteiger charge is -2.04. The molecule has 134 valence electrons. The number of rotatable bonds is 6. The predicted octanol–water partition coefficient (Wildman–Crippen LogP) is 3.77. The second-order valence-electron chi connectivity index (χ2n) is 5.77. The van der Waals surface area contributed by atoms with Gasteiger partial charge in [-0.3, -0.25) is 4.79 Å². The van der Waals surface area contributed by atoms with Crippen molar-refractivity contribution in [3.05, 3.63) is 72.3 Å². The maximum Gasteiger partial charge on any atom is 0.185 e. The number of ketones is 1. The van der Waals surface area contributed by atoms with Gasteiger partial charge in [0.2, 0.25) is 0 Å². The number of aromatic nitrogens is 4. The van der Waals surface area contributed by atoms with Crippen LogP contribution >= 0.6 is 11.8 Å². The number of nitrogens with zero attached hydrogens (tertiary/aromatic N) is 4. The highest BCUT2D eigenvalue weighted by Crippen LogP contribution is 2.23. The van der Waals surface area contributed by atoms with Gasteiger partial charge in [0.15, 0.2) is 17.3 Å². The van der Waals surface area contributed by atoms with E-state index in [2.05, 4.69) is 15.3 Å². The van der Waals surface area contributed by atoms with Crippen LogP contribution in [0, 0.1) is 0 Å². The summed E-state index contributed by atoms with van der Waals surface area (Å²) in [6.45, 7) is 0. The Labute approximate surface area is 160 Å². The topological polar surface area (TPSA) is 69.4 Å². The molecule has 27 heavy (non-hydrogen) atoms. The van der Waals surface area contributed by atoms with Gasteiger partial charge in [0.1, 0.15) is 10.8 Å². The highest BCUT2D eigenvalue weighted by molar-refractivity contribution is 7.99. The summed E-state index contributed by atoms with van der Waals surface area (Å²) in [4.78, 5) is 12.3. The summed E-state index contributed by atoms with van der Waals surface area (Å²) in [5, 5.41) is 13.7. The van der Waals surface area contributed by atoms with Crippen molar-refractivity contribution in [1.82, 2.24) is 19.8 Å². The highest BCUT2D eigenvalue weighted by atomic mass is 32.2. The van der Waals surface area contributed by atoms with Crippen LogP contribution in [0.3, 0.4) is 0 Å². The number of Topliss-reactive ketones (excluding diaryl/α,β-unsaturated/α-hetero) is 1. The third-order valence-corrected chi connectivity index (χ3v) is 4.95. The smallest absolute Gasteiger partial charge is 0.185 e. The van der Waals surface area contributed by atoms with E-state index in [0.29, 0.717) is 22.8 Å². The van der Waals surface area contributed by atoms with Crippen molar-refractivity contribution >= 4 is 23.2 Å². The van der Waals surface area contributed by atoms with Gasteiger partial charge < -0.3 is 4.74 Å². The van der Waals surface area contributed by atoms with Crippen molar-refractivity contribution in [2.45, 2.75) is 5.03 Å². The number of ether oxygens (including phenoxy) is 1. The number of carbonyl (C=O) groups is 1. The van der Waals surface area contributed by atoms with Crippen LogP contribution in [0.2, 0.25) is 0 Å². The van der Waals surface area contributed by atoms with Crippen LogP contribution in [-0.4, -0.2) is 38.5 Å². The molecule has 0 atom stereocenters. The Balaban J connectivity index is 1.57. The second-order valence-corrected chi connectivity index (χ2v) is 6.77. The normalized spacial score (nSPS) is 10.9. The van der Waals surface area contributed by atoms with Crippen molar-refractivity contribution in [2.24, 2.45) is 0 Å². The fourth-order valence-electron chi connectivity index (χ4n) is 2.62. The molecule has 0 fully saturated rings. The van der Waals surface area contributed by atoms with E-state index in [9.17, 15) is 4.79 Å². The number of carbonyl (C=O) groups excluding carboxylic acids is 1. The van der Waals surface area contributed by atoms with E-state index in [1.54, 1.807) is 11.6 Å². The summed E-state index contributed by atoms with van der Waals surface area (Å²) in [6.07, 6.45) is 0. The molecule has 0 aliphatic carbocycles. The maximum atomic E-state index is 12.3. The van der Waals surface area contributed by atoms with Gasteiger partial charge in [0.25, 0.3) is 0 Å². The monoisotopic (exact) mass is 376 g/mol. The zero-order valence-corrected chi connectivity index (χ0v) is 15.4. The first-order chi connectivity index (χ1) is 13.2. The molecule has 2 aromatic heterocycles. The molecule has 0 unspecified atom stereocenters. The fraction of sp³-hybridized carbons (Fsp3) is 0.100. The Morgan fingerprint density at radius 3 is 2.52 bits per heavy atom. The molecular weight excluding hydrogens is 360 g/mol. The van der Waals surface area contributed by atoms with Crippen molar-refractivity contribution in [3.63, 3.8) is 0 Å². The molecule has 0 N–H and O–H groups in total. The van der Waals surface area contributed by atoms with Crippen LogP contribution < -0.4 is 4.74 Å². The average Bonchev–Trinajstić information content (AvgIpc) is 3.16. The number of fused-ring (bicyclic) bond motifs is 1. The van der Waals surface area contributed by atoms with E-state index < -0.39 is 0 Å². The lowest BCUT2D eigenvalue weighted by Crippen LogP contribution is -2.03. The SMILES string of the molecule is COc1ccc(-c2nnc3ccc(SCC(=O)c4ccccc4)nn23)cc1. The minimum Gasteiger partial charge on any atom is -0.497 e. The molecule has 0 amide bonds. The van der Waals surface area contributed by atoms with Crippen molar-refractivity contribution in [2.75, 3.05) is 12.9 Å². The number of methoxy groups -OCH3 is 1. The lowest BCUT2D eigenvalue weighted by molar-refractivity contribution is 0.102. The molecule has 2 aromatic carbocycles. The largest absolute Gasteiger partial charge is 0.497 e. The minimum atomic E-state index is 0.0710. The highest BCUT2D eigenvalue weighted by Gasteiger charge is 2.12. The molecule has 0 radical (unpaired) electrons. The third kappa shape index (κ3) is 3.68. The lowest BCUT2D eigenvalue weighted by atomic mass is 10.2. The Hall–Kier alpha value is -3.19. The maximum absolute atomic E-state index is 12.3. The van der Waals surface area contributed by atoms with Crippen molar-refractivity contribution in [1.29, 1.82) is 0 Å². The standard InChI is InChI=1S/C20H16N4O2S/c1-26-16-9-7-15(8-10-16)20-22-21-18-11-12-19(23-24(18)20)27-13-17(25)14-5-3-2-4-6-14/h2-12H,13H2,1H3. The average molecular weight is 376 g/mol. The van der Waals surface area contributed by atoms with Crippen LogP contribution in [-0.2, 0) is 0 Å². The summed E-state index contributed by atoms with van der Waals surface area (Å²) < 4.78 is 6.88. The Morgan fingerprint density at radius 2 is 1.78 bits per heavy atom. The zero-order chi connectivity index (χ0) is 18.6. The summed E-state index contributed by atoms with van der Waals surface area (Å²) in [6, 6.07) is 20.5. The Morgan fingerprint density at radius 1 is 1.00 bits per heavy atom. The number of thioether (sulfide) groups is 1. The van der Waals surface area contributed by atoms with Gasteiger partial charge in [0.05, 0.1) is 12.9 Å². The van der Waals surface area contributed by atoms with Gasteiger partial charge in [-0.25, -0.2) is 0 Å². The van der Waals surface area contributed by atoms with Gasteiger partial charge in [-0.05, 0) is 36.4 Å². The second kappa shape index (κ2) is 7.59. The molecule has 4 rings (SSSR count). The quantitative estimate of drug-likeness (QED) is 0.377. The van der Waals surface area contributed by atoms with Crippen LogP contribution in [0.25, 0.3) is 17.0 Å². The molecule has 7 heteroatoms. The predicted molar refractivity (Wildman–Crippen MR) is 104 cm³/mol. The molecule has 0 saturated heterocycles. The summed E-state index contributed by atoms with van der Waals surface area (Å²) in [5.74, 6) is 1.81. The van der Waals surface area contributed by atoms with E-state index in [1.165, 1.54) is 11.8 Å². The number of benzene rings is 2. The van der Waals surface area contributed by atoms with E-state index in [0.717, 1.165) is 16.3 Å². The van der Waals surface area contributed by atoms with Gasteiger partial charge in [0, 0.05) is 11.1 Å². The molecule has 0 bridgehead atoms. The Kier molecular flexibility index (Phi) is 4.84. The zero-order valence-electron chi connectivity index (χ0n) is 14.6. The van der Waals surface area contributed by atoms with E-state index in [-0.39, 0.29) is 5.78 Å². The van der Waals surface area contributed by atoms with Crippen LogP contribution in [0.4, 0.5) is 0 Å². The minimum absolute atomic E-state index is 0.0710. The first-order valence-electron chi connectivity index (χ1n) is 8.32. The molecule has 4 aromatic rings. The summed E-state index contributed by atoms with van der Waals surface area (Å²) in [5.41, 5.74) is 2.24. The molecule has 0 spiro atoms. The first kappa shape index (κ1) is 17.2. The van der Waals surface area contributed by atoms with Crippen molar-refractivity contribution in [3.8, 4) is 17.1 Å². The van der Waals surface area contributed by atoms with Gasteiger partial charge in [-0.1, -0.05) is 42.1 Å². The Bertz CT molecular complexity index is 1080. The third-order valence-electron chi connectivity index (χ3n) is 4.03. The van der Waals surface area contributed by atoms with E-state index in [1.807, 2.05) is 66.7 Å². The number of hydrogen-bond donors (Lipinski definition) is 0. The molecule has 0 saturated carbocycles. The molecule has 0 aliphatic rings. The van der Waals surface area contributed by atoms with Gasteiger partial charge in [-0.2, -0.15) is 9.61 Å². The van der Waals surface area contributed by atoms with E-state index >= 15 is 0 Å². The van der Waals surface area contributed by atoms with Crippen LogP contribution in [0.15, 0.2) is 71.8 Å². The summed E-state index contributed by atoms with van der Waals surface area (Å²) in [7, 11) is 1.63. The fourth-order valence-corrected chi connectivity index (χ4v) is 3.37. The summed E-state index contributed by atoms with van der Waals surface area (Å²) >= 11 is 1.39. The first-order valence-corrected chi connectivity index (χ1v) is 9.31. The van der Waals surface area contributed by atoms with E-state index in [4.69, 9.17) is 4.74 Å². The molecular formula is C20H16N4O2S. The van der Waals surface area contributed by atoms with Gasteiger partial charge in [-0.15, -0.1) is 10.2 Å². The molecule has 2 heterocycles. The van der Waals surface area contributed by atoms with Gasteiger partial charge >= 0.3 is 0 Å². The van der Waals surface area contributed by atoms with Crippen molar-refractivity contribution < 1.29 is 9.53 Å². The van der Waals surface area contributed by atoms with Crippen LogP contribution in [0.5, 0.6) is 5.75 Å².